The maximum Gasteiger partial charge on any atom is 0.416 e. The van der Waals surface area contributed by atoms with Gasteiger partial charge in [-0.3, -0.25) is 9.69 Å². The van der Waals surface area contributed by atoms with Gasteiger partial charge in [-0.1, -0.05) is 31.3 Å². The molecule has 23 heavy (non-hydrogen) atoms. The van der Waals surface area contributed by atoms with E-state index in [9.17, 15) is 18.0 Å². The number of carbonyl (C=O) groups excluding carboxylic acids is 1. The van der Waals surface area contributed by atoms with Crippen molar-refractivity contribution in [2.24, 2.45) is 0 Å². The first-order valence-corrected chi connectivity index (χ1v) is 7.44. The lowest BCUT2D eigenvalue weighted by atomic mass is 10.1. The van der Waals surface area contributed by atoms with Gasteiger partial charge in [-0.15, -0.1) is 0 Å². The standard InChI is InChI=1S/C17H21F3N2O/c1-3-4-11-22(2)13-16(23)21-10-6-8-14-7-5-9-15(12-14)17(18,19)20/h5,7,9,12H,3-4,10-11,13H2,1-2H3,(H,21,23). The molecule has 3 nitrogen and oxygen atoms in total. The molecule has 6 heteroatoms. The molecule has 0 atom stereocenters. The van der Waals surface area contributed by atoms with Crippen LogP contribution in [0.2, 0.25) is 0 Å². The highest BCUT2D eigenvalue weighted by Crippen LogP contribution is 2.29. The summed E-state index contributed by atoms with van der Waals surface area (Å²) in [5, 5.41) is 2.63. The zero-order valence-corrected chi connectivity index (χ0v) is 13.3. The van der Waals surface area contributed by atoms with Crippen molar-refractivity contribution in [3.63, 3.8) is 0 Å². The van der Waals surface area contributed by atoms with E-state index in [4.69, 9.17) is 0 Å². The summed E-state index contributed by atoms with van der Waals surface area (Å²) in [4.78, 5) is 13.6. The highest BCUT2D eigenvalue weighted by Gasteiger charge is 2.30. The van der Waals surface area contributed by atoms with Crippen molar-refractivity contribution in [1.29, 1.82) is 0 Å². The summed E-state index contributed by atoms with van der Waals surface area (Å²) in [5.74, 6) is 5.13. The number of halogens is 3. The zero-order chi connectivity index (χ0) is 17.3. The number of unbranched alkanes of at least 4 members (excludes halogenated alkanes) is 1. The summed E-state index contributed by atoms with van der Waals surface area (Å²) in [7, 11) is 1.86. The lowest BCUT2D eigenvalue weighted by molar-refractivity contribution is -0.137. The van der Waals surface area contributed by atoms with Crippen LogP contribution in [0.25, 0.3) is 0 Å². The number of alkyl halides is 3. The van der Waals surface area contributed by atoms with E-state index in [0.717, 1.165) is 31.5 Å². The summed E-state index contributed by atoms with van der Waals surface area (Å²) in [5.41, 5.74) is -0.458. The number of rotatable bonds is 6. The summed E-state index contributed by atoms with van der Waals surface area (Å²) >= 11 is 0. The van der Waals surface area contributed by atoms with Crippen LogP contribution in [0.15, 0.2) is 24.3 Å². The van der Waals surface area contributed by atoms with Gasteiger partial charge in [0.2, 0.25) is 5.91 Å². The first-order chi connectivity index (χ1) is 10.8. The molecule has 0 spiro atoms. The maximum atomic E-state index is 12.6. The van der Waals surface area contributed by atoms with Gasteiger partial charge in [-0.05, 0) is 38.2 Å². The van der Waals surface area contributed by atoms with Crippen LogP contribution < -0.4 is 5.32 Å². The van der Waals surface area contributed by atoms with Gasteiger partial charge in [-0.2, -0.15) is 13.2 Å². The molecule has 0 unspecified atom stereocenters. The lowest BCUT2D eigenvalue weighted by Crippen LogP contribution is -2.35. The minimum atomic E-state index is -4.38. The molecule has 0 heterocycles. The SMILES string of the molecule is CCCCN(C)CC(=O)NCC#Cc1cccc(C(F)(F)F)c1. The second kappa shape index (κ2) is 9.21. The van der Waals surface area contributed by atoms with E-state index in [0.29, 0.717) is 0 Å². The van der Waals surface area contributed by atoms with Gasteiger partial charge in [0.25, 0.3) is 0 Å². The van der Waals surface area contributed by atoms with Crippen molar-refractivity contribution in [3.05, 3.63) is 35.4 Å². The Labute approximate surface area is 134 Å². The average Bonchev–Trinajstić information content (AvgIpc) is 2.49. The summed E-state index contributed by atoms with van der Waals surface area (Å²) in [6, 6.07) is 4.81. The van der Waals surface area contributed by atoms with Crippen molar-refractivity contribution >= 4 is 5.91 Å². The predicted octanol–water partition coefficient (Wildman–Crippen LogP) is 2.91. The van der Waals surface area contributed by atoms with Crippen LogP contribution in [0, 0.1) is 11.8 Å². The fourth-order valence-corrected chi connectivity index (χ4v) is 1.87. The molecule has 0 aliphatic carbocycles. The van der Waals surface area contributed by atoms with Crippen molar-refractivity contribution in [2.75, 3.05) is 26.7 Å². The number of hydrogen-bond acceptors (Lipinski definition) is 2. The Kier molecular flexibility index (Phi) is 7.63. The van der Waals surface area contributed by atoms with Crippen LogP contribution in [0.5, 0.6) is 0 Å². The number of hydrogen-bond donors (Lipinski definition) is 1. The second-order valence-electron chi connectivity index (χ2n) is 5.25. The summed E-state index contributed by atoms with van der Waals surface area (Å²) < 4.78 is 37.7. The summed E-state index contributed by atoms with van der Waals surface area (Å²) in [6.07, 6.45) is -2.29. The van der Waals surface area contributed by atoms with Crippen molar-refractivity contribution < 1.29 is 18.0 Å². The van der Waals surface area contributed by atoms with Gasteiger partial charge in [0, 0.05) is 5.56 Å². The van der Waals surface area contributed by atoms with Gasteiger partial charge in [0.15, 0.2) is 0 Å². The highest BCUT2D eigenvalue weighted by atomic mass is 19.4. The molecule has 0 saturated heterocycles. The molecule has 126 valence electrons. The van der Waals surface area contributed by atoms with E-state index < -0.39 is 11.7 Å². The average molecular weight is 326 g/mol. The van der Waals surface area contributed by atoms with Crippen LogP contribution in [-0.4, -0.2) is 37.5 Å². The largest absolute Gasteiger partial charge is 0.416 e. The van der Waals surface area contributed by atoms with Crippen molar-refractivity contribution in [2.45, 2.75) is 25.9 Å². The Bertz CT molecular complexity index is 573. The molecule has 0 bridgehead atoms. The Balaban J connectivity index is 2.45. The Morgan fingerprint density at radius 1 is 1.35 bits per heavy atom. The number of nitrogens with zero attached hydrogens (tertiary/aromatic N) is 1. The highest BCUT2D eigenvalue weighted by molar-refractivity contribution is 5.78. The second-order valence-corrected chi connectivity index (χ2v) is 5.25. The molecular formula is C17H21F3N2O. The van der Waals surface area contributed by atoms with E-state index in [-0.39, 0.29) is 24.6 Å². The number of carbonyl (C=O) groups is 1. The minimum Gasteiger partial charge on any atom is -0.344 e. The number of amides is 1. The van der Waals surface area contributed by atoms with Crippen molar-refractivity contribution in [1.82, 2.24) is 10.2 Å². The van der Waals surface area contributed by atoms with Gasteiger partial charge in [0.05, 0.1) is 18.7 Å². The van der Waals surface area contributed by atoms with Crippen LogP contribution in [0.1, 0.15) is 30.9 Å². The zero-order valence-electron chi connectivity index (χ0n) is 13.3. The molecule has 1 aromatic carbocycles. The van der Waals surface area contributed by atoms with Crippen LogP contribution >= 0.6 is 0 Å². The molecule has 1 rings (SSSR count). The van der Waals surface area contributed by atoms with Crippen LogP contribution in [0.3, 0.4) is 0 Å². The van der Waals surface area contributed by atoms with E-state index in [1.54, 1.807) is 0 Å². The van der Waals surface area contributed by atoms with Gasteiger partial charge in [0.1, 0.15) is 0 Å². The van der Waals surface area contributed by atoms with Gasteiger partial charge in [-0.25, -0.2) is 0 Å². The molecular weight excluding hydrogens is 305 g/mol. The topological polar surface area (TPSA) is 32.3 Å². The van der Waals surface area contributed by atoms with Gasteiger partial charge >= 0.3 is 6.18 Å². The quantitative estimate of drug-likeness (QED) is 0.815. The van der Waals surface area contributed by atoms with Gasteiger partial charge < -0.3 is 5.32 Å². The number of nitrogens with one attached hydrogen (secondary N) is 1. The number of likely N-dealkylation sites (N-methyl/N-ethyl adjacent to an activating group) is 1. The van der Waals surface area contributed by atoms with E-state index in [2.05, 4.69) is 24.1 Å². The van der Waals surface area contributed by atoms with E-state index in [1.807, 2.05) is 11.9 Å². The fraction of sp³-hybridized carbons (Fsp3) is 0.471. The Morgan fingerprint density at radius 2 is 2.09 bits per heavy atom. The molecule has 0 saturated carbocycles. The first kappa shape index (κ1) is 19.0. The van der Waals surface area contributed by atoms with E-state index in [1.165, 1.54) is 12.1 Å². The third kappa shape index (κ3) is 7.71. The third-order valence-corrected chi connectivity index (χ3v) is 3.10. The monoisotopic (exact) mass is 326 g/mol. The number of benzene rings is 1. The fourth-order valence-electron chi connectivity index (χ4n) is 1.87. The molecule has 1 amide bonds. The minimum absolute atomic E-state index is 0.108. The van der Waals surface area contributed by atoms with Crippen LogP contribution in [-0.2, 0) is 11.0 Å². The first-order valence-electron chi connectivity index (χ1n) is 7.44. The molecule has 0 radical (unpaired) electrons. The Morgan fingerprint density at radius 3 is 2.74 bits per heavy atom. The van der Waals surface area contributed by atoms with Crippen LogP contribution in [0.4, 0.5) is 13.2 Å². The molecule has 0 fully saturated rings. The summed E-state index contributed by atoms with van der Waals surface area (Å²) in [6.45, 7) is 3.32. The lowest BCUT2D eigenvalue weighted by Gasteiger charge is -2.14. The Hall–Kier alpha value is -2.00. The molecule has 0 aromatic heterocycles. The molecule has 1 N–H and O–H groups in total. The molecule has 1 aromatic rings. The predicted molar refractivity (Wildman–Crippen MR) is 83.7 cm³/mol. The third-order valence-electron chi connectivity index (χ3n) is 3.10. The smallest absolute Gasteiger partial charge is 0.344 e. The van der Waals surface area contributed by atoms with Crippen molar-refractivity contribution in [3.8, 4) is 11.8 Å². The maximum absolute atomic E-state index is 12.6. The van der Waals surface area contributed by atoms with E-state index >= 15 is 0 Å². The molecule has 0 aliphatic heterocycles. The normalized spacial score (nSPS) is 11.0. The molecule has 0 aliphatic rings.